The molecule has 1 saturated heterocycles. The average Bonchev–Trinajstić information content (AvgIpc) is 2.73. The van der Waals surface area contributed by atoms with Gasteiger partial charge in [-0.15, -0.1) is 0 Å². The predicted octanol–water partition coefficient (Wildman–Crippen LogP) is 3.20. The Kier molecular flexibility index (Phi) is 5.19. The summed E-state index contributed by atoms with van der Waals surface area (Å²) in [6, 6.07) is 6.78. The minimum absolute atomic E-state index is 0.0778. The van der Waals surface area contributed by atoms with Gasteiger partial charge in [-0.05, 0) is 68.4 Å². The maximum Gasteiger partial charge on any atom is 0.226 e. The summed E-state index contributed by atoms with van der Waals surface area (Å²) in [5.41, 5.74) is 0.454. The molecule has 1 aliphatic heterocycles. The van der Waals surface area contributed by atoms with Gasteiger partial charge in [0, 0.05) is 44.6 Å². The number of para-hydroxylation sites is 1. The summed E-state index contributed by atoms with van der Waals surface area (Å²) in [6.07, 6.45) is 7.47. The van der Waals surface area contributed by atoms with E-state index in [1.54, 1.807) is 12.1 Å². The van der Waals surface area contributed by atoms with Gasteiger partial charge in [-0.2, -0.15) is 0 Å². The number of anilines is 1. The van der Waals surface area contributed by atoms with Gasteiger partial charge in [0.2, 0.25) is 11.8 Å². The van der Waals surface area contributed by atoms with Crippen LogP contribution in [0.1, 0.15) is 44.9 Å². The highest BCUT2D eigenvalue weighted by molar-refractivity contribution is 5.84. The molecule has 6 rings (SSSR count). The monoisotopic (exact) mass is 413 g/mol. The Balaban J connectivity index is 1.08. The topological polar surface area (TPSA) is 52.7 Å². The summed E-state index contributed by atoms with van der Waals surface area (Å²) >= 11 is 0. The summed E-state index contributed by atoms with van der Waals surface area (Å²) in [5, 5.41) is 3.11. The molecule has 2 amide bonds. The van der Waals surface area contributed by atoms with Crippen molar-refractivity contribution in [2.75, 3.05) is 37.6 Å². The van der Waals surface area contributed by atoms with Crippen LogP contribution >= 0.6 is 0 Å². The first-order valence-electron chi connectivity index (χ1n) is 11.6. The molecule has 4 saturated carbocycles. The fourth-order valence-corrected chi connectivity index (χ4v) is 6.92. The van der Waals surface area contributed by atoms with Gasteiger partial charge in [-0.1, -0.05) is 12.1 Å². The van der Waals surface area contributed by atoms with Crippen LogP contribution in [-0.2, 0) is 9.59 Å². The highest BCUT2D eigenvalue weighted by Gasteiger charge is 2.54. The van der Waals surface area contributed by atoms with Crippen LogP contribution in [0.2, 0.25) is 0 Å². The number of nitrogens with one attached hydrogen (secondary N) is 1. The number of benzene rings is 1. The standard InChI is InChI=1S/C24H32FN3O2/c25-20-3-1-2-4-21(20)27-7-9-28(10-8-27)22(29)5-6-26-23(30)24-14-17-11-18(15-24)13-19(12-17)16-24/h1-4,17-19H,5-16H2,(H,26,30). The van der Waals surface area contributed by atoms with Crippen LogP contribution in [0.3, 0.4) is 0 Å². The summed E-state index contributed by atoms with van der Waals surface area (Å²) in [6.45, 7) is 2.87. The normalized spacial score (nSPS) is 32.4. The molecule has 0 atom stereocenters. The summed E-state index contributed by atoms with van der Waals surface area (Å²) < 4.78 is 14.0. The van der Waals surface area contributed by atoms with E-state index in [4.69, 9.17) is 0 Å². The maximum absolute atomic E-state index is 14.0. The fourth-order valence-electron chi connectivity index (χ4n) is 6.92. The zero-order chi connectivity index (χ0) is 20.7. The third-order valence-electron chi connectivity index (χ3n) is 7.97. The highest BCUT2D eigenvalue weighted by atomic mass is 19.1. The van der Waals surface area contributed by atoms with Crippen LogP contribution in [0.4, 0.5) is 10.1 Å². The molecule has 4 bridgehead atoms. The lowest BCUT2D eigenvalue weighted by molar-refractivity contribution is -0.146. The molecule has 0 unspecified atom stereocenters. The summed E-state index contributed by atoms with van der Waals surface area (Å²) in [5.74, 6) is 2.29. The van der Waals surface area contributed by atoms with E-state index in [1.165, 1.54) is 25.3 Å². The van der Waals surface area contributed by atoms with Crippen LogP contribution in [0.15, 0.2) is 24.3 Å². The first-order valence-corrected chi connectivity index (χ1v) is 11.6. The van der Waals surface area contributed by atoms with Crippen molar-refractivity contribution in [2.24, 2.45) is 23.2 Å². The summed E-state index contributed by atoms with van der Waals surface area (Å²) in [4.78, 5) is 29.5. The number of hydrogen-bond donors (Lipinski definition) is 1. The van der Waals surface area contributed by atoms with Gasteiger partial charge in [-0.25, -0.2) is 4.39 Å². The molecule has 0 aromatic heterocycles. The number of carbonyl (C=O) groups excluding carboxylic acids is 2. The second-order valence-corrected chi connectivity index (χ2v) is 10.0. The lowest BCUT2D eigenvalue weighted by Crippen LogP contribution is -2.54. The van der Waals surface area contributed by atoms with Gasteiger partial charge in [0.05, 0.1) is 5.69 Å². The molecule has 1 heterocycles. The van der Waals surface area contributed by atoms with E-state index in [9.17, 15) is 14.0 Å². The Hall–Kier alpha value is -2.11. The number of hydrogen-bond acceptors (Lipinski definition) is 3. The molecule has 0 spiro atoms. The number of carbonyl (C=O) groups is 2. The van der Waals surface area contributed by atoms with Crippen molar-refractivity contribution in [3.63, 3.8) is 0 Å². The SMILES string of the molecule is O=C(CCNC(=O)C12CC3CC(CC(C3)C1)C2)N1CCN(c2ccccc2F)CC1. The summed E-state index contributed by atoms with van der Waals surface area (Å²) in [7, 11) is 0. The molecule has 1 N–H and O–H groups in total. The van der Waals surface area contributed by atoms with Gasteiger partial charge in [0.15, 0.2) is 0 Å². The molecule has 0 radical (unpaired) electrons. The smallest absolute Gasteiger partial charge is 0.226 e. The number of piperazine rings is 1. The van der Waals surface area contributed by atoms with E-state index >= 15 is 0 Å². The number of halogens is 1. The van der Waals surface area contributed by atoms with Gasteiger partial charge in [0.25, 0.3) is 0 Å². The van der Waals surface area contributed by atoms with Crippen molar-refractivity contribution in [1.82, 2.24) is 10.2 Å². The van der Waals surface area contributed by atoms with Gasteiger partial charge >= 0.3 is 0 Å². The molecule has 162 valence electrons. The van der Waals surface area contributed by atoms with E-state index < -0.39 is 0 Å². The molecular formula is C24H32FN3O2. The Morgan fingerprint density at radius 1 is 0.967 bits per heavy atom. The van der Waals surface area contributed by atoms with Crippen molar-refractivity contribution >= 4 is 17.5 Å². The first kappa shape index (κ1) is 19.8. The maximum atomic E-state index is 14.0. The zero-order valence-electron chi connectivity index (χ0n) is 17.6. The molecule has 5 nitrogen and oxygen atoms in total. The quantitative estimate of drug-likeness (QED) is 0.807. The Bertz CT molecular complexity index is 783. The third-order valence-corrected chi connectivity index (χ3v) is 7.97. The lowest BCUT2D eigenvalue weighted by atomic mass is 9.49. The van der Waals surface area contributed by atoms with E-state index in [-0.39, 0.29) is 23.0 Å². The van der Waals surface area contributed by atoms with Gasteiger partial charge in [0.1, 0.15) is 5.82 Å². The molecule has 30 heavy (non-hydrogen) atoms. The molecule has 6 heteroatoms. The van der Waals surface area contributed by atoms with Crippen molar-refractivity contribution in [3.05, 3.63) is 30.1 Å². The Morgan fingerprint density at radius 2 is 1.57 bits per heavy atom. The highest BCUT2D eigenvalue weighted by Crippen LogP contribution is 2.60. The van der Waals surface area contributed by atoms with Gasteiger partial charge in [-0.3, -0.25) is 9.59 Å². The molecule has 1 aromatic carbocycles. The average molecular weight is 414 g/mol. The van der Waals surface area contributed by atoms with E-state index in [0.717, 1.165) is 37.0 Å². The third kappa shape index (κ3) is 3.69. The van der Waals surface area contributed by atoms with Crippen LogP contribution in [-0.4, -0.2) is 49.4 Å². The largest absolute Gasteiger partial charge is 0.366 e. The van der Waals surface area contributed by atoms with Crippen molar-refractivity contribution in [2.45, 2.75) is 44.9 Å². The van der Waals surface area contributed by atoms with Crippen LogP contribution in [0.5, 0.6) is 0 Å². The second kappa shape index (κ2) is 7.86. The first-order chi connectivity index (χ1) is 14.5. The van der Waals surface area contributed by atoms with E-state index in [2.05, 4.69) is 5.32 Å². The van der Waals surface area contributed by atoms with Gasteiger partial charge < -0.3 is 15.1 Å². The second-order valence-electron chi connectivity index (χ2n) is 10.0. The molecule has 5 fully saturated rings. The number of amides is 2. The number of nitrogens with zero attached hydrogens (tertiary/aromatic N) is 2. The van der Waals surface area contributed by atoms with E-state index in [1.807, 2.05) is 15.9 Å². The van der Waals surface area contributed by atoms with E-state index in [0.29, 0.717) is 44.8 Å². The van der Waals surface area contributed by atoms with Crippen molar-refractivity contribution in [1.29, 1.82) is 0 Å². The lowest BCUT2D eigenvalue weighted by Gasteiger charge is -2.55. The van der Waals surface area contributed by atoms with Crippen LogP contribution in [0.25, 0.3) is 0 Å². The number of rotatable bonds is 5. The predicted molar refractivity (Wildman–Crippen MR) is 113 cm³/mol. The fraction of sp³-hybridized carbons (Fsp3) is 0.667. The Morgan fingerprint density at radius 3 is 2.17 bits per heavy atom. The molecule has 5 aliphatic rings. The van der Waals surface area contributed by atoms with Crippen molar-refractivity contribution < 1.29 is 14.0 Å². The molecule has 1 aromatic rings. The van der Waals surface area contributed by atoms with Crippen molar-refractivity contribution in [3.8, 4) is 0 Å². The molecule has 4 aliphatic carbocycles. The minimum Gasteiger partial charge on any atom is -0.366 e. The zero-order valence-corrected chi connectivity index (χ0v) is 17.6. The van der Waals surface area contributed by atoms with Crippen LogP contribution < -0.4 is 10.2 Å². The van der Waals surface area contributed by atoms with Crippen LogP contribution in [0, 0.1) is 29.0 Å². The molecular weight excluding hydrogens is 381 g/mol. The minimum atomic E-state index is -0.218. The Labute approximate surface area is 178 Å².